The number of benzene rings is 2. The summed E-state index contributed by atoms with van der Waals surface area (Å²) in [5.41, 5.74) is 1.81. The molecule has 0 spiro atoms. The first-order valence-corrected chi connectivity index (χ1v) is 9.45. The second-order valence-electron chi connectivity index (χ2n) is 7.54. The minimum atomic E-state index is -0.292. The number of rotatable bonds is 6. The van der Waals surface area contributed by atoms with Crippen LogP contribution in [-0.4, -0.2) is 24.0 Å². The van der Waals surface area contributed by atoms with E-state index in [1.165, 1.54) is 6.07 Å². The van der Waals surface area contributed by atoms with Gasteiger partial charge in [-0.2, -0.15) is 0 Å². The number of guanidine groups is 1. The van der Waals surface area contributed by atoms with Crippen molar-refractivity contribution >= 4 is 35.8 Å². The van der Waals surface area contributed by atoms with E-state index in [0.717, 1.165) is 5.56 Å². The molecule has 158 valence electrons. The van der Waals surface area contributed by atoms with Crippen molar-refractivity contribution in [3.8, 4) is 0 Å². The number of aliphatic imine (C=N–C) groups is 1. The zero-order valence-corrected chi connectivity index (χ0v) is 19.7. The Kier molecular flexibility index (Phi) is 10.1. The highest BCUT2D eigenvalue weighted by molar-refractivity contribution is 14.0. The minimum Gasteiger partial charge on any atom is -0.357 e. The molecule has 0 aromatic heterocycles. The number of halogens is 2. The molecule has 1 amide bonds. The highest BCUT2D eigenvalue weighted by Crippen LogP contribution is 2.09. The summed E-state index contributed by atoms with van der Waals surface area (Å²) >= 11 is 0. The van der Waals surface area contributed by atoms with Gasteiger partial charge >= 0.3 is 0 Å². The number of amides is 1. The van der Waals surface area contributed by atoms with E-state index in [1.807, 2.05) is 45.9 Å². The summed E-state index contributed by atoms with van der Waals surface area (Å²) in [4.78, 5) is 16.9. The lowest BCUT2D eigenvalue weighted by molar-refractivity contribution is 0.0919. The Bertz CT molecular complexity index is 834. The van der Waals surface area contributed by atoms with Crippen LogP contribution < -0.4 is 16.0 Å². The molecular weight excluding hydrogens is 482 g/mol. The Hall–Kier alpha value is -2.16. The third-order valence-electron chi connectivity index (χ3n) is 3.85. The van der Waals surface area contributed by atoms with Gasteiger partial charge < -0.3 is 16.0 Å². The number of nitrogens with one attached hydrogen (secondary N) is 3. The lowest BCUT2D eigenvalue weighted by Crippen LogP contribution is -2.40. The normalized spacial score (nSPS) is 11.4. The maximum Gasteiger partial charge on any atom is 0.251 e. The minimum absolute atomic E-state index is 0. The highest BCUT2D eigenvalue weighted by atomic mass is 127. The molecule has 2 aromatic rings. The van der Waals surface area contributed by atoms with Gasteiger partial charge in [-0.3, -0.25) is 4.79 Å². The fraction of sp³-hybridized carbons (Fsp3) is 0.364. The largest absolute Gasteiger partial charge is 0.357 e. The Morgan fingerprint density at radius 3 is 2.45 bits per heavy atom. The number of carbonyl (C=O) groups is 1. The molecule has 0 bridgehead atoms. The molecule has 2 aromatic carbocycles. The van der Waals surface area contributed by atoms with E-state index < -0.39 is 0 Å². The molecule has 2 rings (SSSR count). The second kappa shape index (κ2) is 11.7. The molecule has 0 aliphatic carbocycles. The summed E-state index contributed by atoms with van der Waals surface area (Å²) in [7, 11) is 0. The van der Waals surface area contributed by atoms with Crippen LogP contribution in [0.5, 0.6) is 0 Å². The molecule has 29 heavy (non-hydrogen) atoms. The van der Waals surface area contributed by atoms with E-state index in [0.29, 0.717) is 36.7 Å². The lowest BCUT2D eigenvalue weighted by atomic mass is 10.1. The first kappa shape index (κ1) is 24.9. The molecule has 0 fully saturated rings. The Labute approximate surface area is 189 Å². The molecule has 0 aliphatic heterocycles. The molecule has 0 saturated heterocycles. The van der Waals surface area contributed by atoms with Crippen molar-refractivity contribution in [2.45, 2.75) is 46.3 Å². The summed E-state index contributed by atoms with van der Waals surface area (Å²) in [5.74, 6) is 0.238. The SMILES string of the molecule is CCNC(=NCc1cccc(C(=O)NC(C)(C)C)c1)NCc1ccccc1F.I. The monoisotopic (exact) mass is 512 g/mol. The molecule has 7 heteroatoms. The second-order valence-corrected chi connectivity index (χ2v) is 7.54. The van der Waals surface area contributed by atoms with Crippen LogP contribution in [0.15, 0.2) is 53.5 Å². The average Bonchev–Trinajstić information content (AvgIpc) is 2.64. The van der Waals surface area contributed by atoms with Crippen molar-refractivity contribution in [1.82, 2.24) is 16.0 Å². The van der Waals surface area contributed by atoms with Crippen LogP contribution in [-0.2, 0) is 13.1 Å². The van der Waals surface area contributed by atoms with E-state index in [9.17, 15) is 9.18 Å². The third-order valence-corrected chi connectivity index (χ3v) is 3.85. The van der Waals surface area contributed by atoms with Gasteiger partial charge in [0.1, 0.15) is 5.82 Å². The smallest absolute Gasteiger partial charge is 0.251 e. The van der Waals surface area contributed by atoms with Crippen molar-refractivity contribution in [3.05, 3.63) is 71.0 Å². The van der Waals surface area contributed by atoms with Crippen LogP contribution in [0.4, 0.5) is 4.39 Å². The summed E-state index contributed by atoms with van der Waals surface area (Å²) in [5, 5.41) is 9.24. The van der Waals surface area contributed by atoms with Crippen LogP contribution in [0.2, 0.25) is 0 Å². The Morgan fingerprint density at radius 2 is 1.79 bits per heavy atom. The molecule has 0 unspecified atom stereocenters. The van der Waals surface area contributed by atoms with E-state index >= 15 is 0 Å². The predicted molar refractivity (Wildman–Crippen MR) is 127 cm³/mol. The molecule has 0 radical (unpaired) electrons. The zero-order valence-electron chi connectivity index (χ0n) is 17.4. The van der Waals surface area contributed by atoms with Crippen LogP contribution in [0.25, 0.3) is 0 Å². The summed E-state index contributed by atoms with van der Waals surface area (Å²) < 4.78 is 13.8. The van der Waals surface area contributed by atoms with E-state index in [2.05, 4.69) is 20.9 Å². The molecule has 3 N–H and O–H groups in total. The Morgan fingerprint density at radius 1 is 1.07 bits per heavy atom. The van der Waals surface area contributed by atoms with Crippen molar-refractivity contribution in [1.29, 1.82) is 0 Å². The van der Waals surface area contributed by atoms with Crippen LogP contribution in [0, 0.1) is 5.82 Å². The molecule has 0 saturated carbocycles. The maximum atomic E-state index is 13.8. The van der Waals surface area contributed by atoms with Crippen LogP contribution in [0.3, 0.4) is 0 Å². The number of hydrogen-bond donors (Lipinski definition) is 3. The number of carbonyl (C=O) groups excluding carboxylic acids is 1. The van der Waals surface area contributed by atoms with E-state index in [1.54, 1.807) is 24.3 Å². The summed E-state index contributed by atoms with van der Waals surface area (Å²) in [6.07, 6.45) is 0. The van der Waals surface area contributed by atoms with Crippen molar-refractivity contribution in [2.75, 3.05) is 6.54 Å². The quantitative estimate of drug-likeness (QED) is 0.309. The van der Waals surface area contributed by atoms with Crippen LogP contribution >= 0.6 is 24.0 Å². The van der Waals surface area contributed by atoms with Gasteiger partial charge in [-0.05, 0) is 51.5 Å². The van der Waals surface area contributed by atoms with Gasteiger partial charge in [-0.25, -0.2) is 9.38 Å². The molecular formula is C22H30FIN4O. The van der Waals surface area contributed by atoms with Crippen molar-refractivity contribution < 1.29 is 9.18 Å². The molecule has 5 nitrogen and oxygen atoms in total. The topological polar surface area (TPSA) is 65.5 Å². The number of hydrogen-bond acceptors (Lipinski definition) is 2. The van der Waals surface area contributed by atoms with Gasteiger partial charge in [0.25, 0.3) is 5.91 Å². The van der Waals surface area contributed by atoms with Gasteiger partial charge in [0.05, 0.1) is 6.54 Å². The van der Waals surface area contributed by atoms with Gasteiger partial charge in [-0.15, -0.1) is 24.0 Å². The Balaban J connectivity index is 0.00000420. The van der Waals surface area contributed by atoms with Gasteiger partial charge in [0.2, 0.25) is 0 Å². The summed E-state index contributed by atoms with van der Waals surface area (Å²) in [6.45, 7) is 9.25. The zero-order chi connectivity index (χ0) is 20.6. The highest BCUT2D eigenvalue weighted by Gasteiger charge is 2.15. The lowest BCUT2D eigenvalue weighted by Gasteiger charge is -2.20. The molecule has 0 atom stereocenters. The molecule has 0 heterocycles. The third kappa shape index (κ3) is 8.81. The first-order valence-electron chi connectivity index (χ1n) is 9.45. The van der Waals surface area contributed by atoms with Gasteiger partial charge in [-0.1, -0.05) is 30.3 Å². The van der Waals surface area contributed by atoms with Crippen molar-refractivity contribution in [2.24, 2.45) is 4.99 Å². The standard InChI is InChI=1S/C22H29FN4O.HI/c1-5-24-21(26-15-18-10-6-7-12-19(18)23)25-14-16-9-8-11-17(13-16)20(28)27-22(2,3)4;/h6-13H,5,14-15H2,1-4H3,(H,27,28)(H2,24,25,26);1H. The summed E-state index contributed by atoms with van der Waals surface area (Å²) in [6, 6.07) is 14.1. The molecule has 0 aliphatic rings. The maximum absolute atomic E-state index is 13.8. The first-order chi connectivity index (χ1) is 13.3. The van der Waals surface area contributed by atoms with E-state index in [-0.39, 0.29) is 41.2 Å². The van der Waals surface area contributed by atoms with Crippen molar-refractivity contribution in [3.63, 3.8) is 0 Å². The van der Waals surface area contributed by atoms with E-state index in [4.69, 9.17) is 0 Å². The van der Waals surface area contributed by atoms with Crippen LogP contribution in [0.1, 0.15) is 49.2 Å². The average molecular weight is 512 g/mol. The fourth-order valence-corrected chi connectivity index (χ4v) is 2.56. The van der Waals surface area contributed by atoms with Gasteiger partial charge in [0.15, 0.2) is 5.96 Å². The van der Waals surface area contributed by atoms with Gasteiger partial charge in [0, 0.05) is 29.8 Å². The predicted octanol–water partition coefficient (Wildman–Crippen LogP) is 4.23. The fourth-order valence-electron chi connectivity index (χ4n) is 2.56. The number of nitrogens with zero attached hydrogens (tertiary/aromatic N) is 1.